The Labute approximate surface area is 92.9 Å². The Morgan fingerprint density at radius 1 is 1.13 bits per heavy atom. The molecule has 0 spiro atoms. The number of aromatic nitrogens is 1. The van der Waals surface area contributed by atoms with Crippen molar-refractivity contribution >= 4 is 0 Å². The monoisotopic (exact) mass is 208 g/mol. The number of nitrogens with zero attached hydrogens (tertiary/aromatic N) is 1. The Balaban J connectivity index is 2.97. The number of pyridine rings is 1. The first-order chi connectivity index (χ1) is 7.22. The summed E-state index contributed by atoms with van der Waals surface area (Å²) in [6, 6.07) is 0. The van der Waals surface area contributed by atoms with Crippen LogP contribution in [0.15, 0.2) is 12.4 Å². The summed E-state index contributed by atoms with van der Waals surface area (Å²) in [6.45, 7) is 10.1. The van der Waals surface area contributed by atoms with Crippen molar-refractivity contribution in [1.82, 2.24) is 0 Å². The molecule has 0 saturated heterocycles. The van der Waals surface area contributed by atoms with Crippen LogP contribution in [-0.2, 0) is 24.3 Å². The summed E-state index contributed by atoms with van der Waals surface area (Å²) in [6.07, 6.45) is 6.59. The van der Waals surface area contributed by atoms with Crippen LogP contribution in [0.4, 0.5) is 0 Å². The van der Waals surface area contributed by atoms with Crippen LogP contribution >= 0.6 is 0 Å². The first-order valence-electron chi connectivity index (χ1n) is 5.82. The lowest BCUT2D eigenvalue weighted by molar-refractivity contribution is -0.733. The third-order valence-corrected chi connectivity index (χ3v) is 2.72. The fourth-order valence-electron chi connectivity index (χ4n) is 1.98. The smallest absolute Gasteiger partial charge is 0.252 e. The Bertz CT molecular complexity index is 321. The van der Waals surface area contributed by atoms with Gasteiger partial charge in [0.2, 0.25) is 0 Å². The molecule has 0 amide bonds. The molecule has 1 aromatic heterocycles. The van der Waals surface area contributed by atoms with Crippen LogP contribution in [-0.4, -0.2) is 6.61 Å². The highest BCUT2D eigenvalue weighted by atomic mass is 16.5. The van der Waals surface area contributed by atoms with Gasteiger partial charge in [0.1, 0.15) is 0 Å². The molecule has 84 valence electrons. The number of rotatable bonds is 5. The Hall–Kier alpha value is -0.890. The van der Waals surface area contributed by atoms with Gasteiger partial charge in [0.25, 0.3) is 6.73 Å². The van der Waals surface area contributed by atoms with Crippen molar-refractivity contribution in [2.75, 3.05) is 6.61 Å². The Morgan fingerprint density at radius 2 is 1.87 bits per heavy atom. The van der Waals surface area contributed by atoms with Gasteiger partial charge in [-0.05, 0) is 32.3 Å². The van der Waals surface area contributed by atoms with Crippen molar-refractivity contribution in [2.24, 2.45) is 0 Å². The lowest BCUT2D eigenvalue weighted by Gasteiger charge is -2.08. The molecule has 2 heteroatoms. The molecule has 0 atom stereocenters. The van der Waals surface area contributed by atoms with Gasteiger partial charge in [0, 0.05) is 11.1 Å². The molecule has 1 heterocycles. The quantitative estimate of drug-likeness (QED) is 0.677. The van der Waals surface area contributed by atoms with E-state index < -0.39 is 0 Å². The van der Waals surface area contributed by atoms with Crippen LogP contribution in [0, 0.1) is 6.92 Å². The van der Waals surface area contributed by atoms with Gasteiger partial charge in [0.15, 0.2) is 12.4 Å². The van der Waals surface area contributed by atoms with E-state index in [4.69, 9.17) is 4.74 Å². The van der Waals surface area contributed by atoms with E-state index in [1.807, 2.05) is 6.92 Å². The maximum Gasteiger partial charge on any atom is 0.252 e. The molecule has 0 radical (unpaired) electrons. The summed E-state index contributed by atoms with van der Waals surface area (Å²) in [4.78, 5) is 0. The van der Waals surface area contributed by atoms with Gasteiger partial charge in [-0.3, -0.25) is 0 Å². The summed E-state index contributed by atoms with van der Waals surface area (Å²) in [5.74, 6) is 0. The van der Waals surface area contributed by atoms with Gasteiger partial charge < -0.3 is 4.74 Å². The molecule has 0 N–H and O–H groups in total. The molecular weight excluding hydrogens is 186 g/mol. The molecule has 1 rings (SSSR count). The molecule has 0 bridgehead atoms. The minimum atomic E-state index is 0.661. The average Bonchev–Trinajstić information content (AvgIpc) is 2.25. The van der Waals surface area contributed by atoms with Crippen molar-refractivity contribution in [3.63, 3.8) is 0 Å². The average molecular weight is 208 g/mol. The molecule has 1 aromatic rings. The van der Waals surface area contributed by atoms with E-state index in [-0.39, 0.29) is 0 Å². The third kappa shape index (κ3) is 3.03. The molecule has 2 nitrogen and oxygen atoms in total. The topological polar surface area (TPSA) is 13.1 Å². The van der Waals surface area contributed by atoms with Gasteiger partial charge in [-0.25, -0.2) is 0 Å². The van der Waals surface area contributed by atoms with Gasteiger partial charge >= 0.3 is 0 Å². The molecular formula is C13H22NO+. The fourth-order valence-corrected chi connectivity index (χ4v) is 1.98. The van der Waals surface area contributed by atoms with Crippen LogP contribution < -0.4 is 4.57 Å². The molecule has 0 unspecified atom stereocenters. The first-order valence-corrected chi connectivity index (χ1v) is 5.82. The SMILES string of the molecule is CCOC[n+]1cc(C)c(CC)c(CC)c1. The highest BCUT2D eigenvalue weighted by Crippen LogP contribution is 2.12. The van der Waals surface area contributed by atoms with Gasteiger partial charge in [-0.2, -0.15) is 4.57 Å². The van der Waals surface area contributed by atoms with Crippen molar-refractivity contribution in [2.45, 2.75) is 47.3 Å². The fraction of sp³-hybridized carbons (Fsp3) is 0.615. The minimum absolute atomic E-state index is 0.661. The predicted octanol–water partition coefficient (Wildman–Crippen LogP) is 2.40. The van der Waals surface area contributed by atoms with Crippen LogP contribution in [0.5, 0.6) is 0 Å². The maximum atomic E-state index is 5.41. The maximum absolute atomic E-state index is 5.41. The van der Waals surface area contributed by atoms with Crippen LogP contribution in [0.2, 0.25) is 0 Å². The lowest BCUT2D eigenvalue weighted by Crippen LogP contribution is -2.36. The standard InChI is InChI=1S/C13H22NO/c1-5-12-9-14(10-15-7-3)8-11(4)13(12)6-2/h8-9H,5-7,10H2,1-4H3/q+1. The summed E-state index contributed by atoms with van der Waals surface area (Å²) in [5.41, 5.74) is 4.30. The zero-order chi connectivity index (χ0) is 11.3. The molecule has 0 aliphatic rings. The number of aryl methyl sites for hydroxylation is 2. The van der Waals surface area contributed by atoms with E-state index in [2.05, 4.69) is 37.7 Å². The van der Waals surface area contributed by atoms with E-state index in [9.17, 15) is 0 Å². The second kappa shape index (κ2) is 5.86. The van der Waals surface area contributed by atoms with E-state index in [0.29, 0.717) is 6.73 Å². The van der Waals surface area contributed by atoms with E-state index in [0.717, 1.165) is 19.4 Å². The second-order valence-electron chi connectivity index (χ2n) is 3.79. The van der Waals surface area contributed by atoms with Crippen molar-refractivity contribution < 1.29 is 9.30 Å². The first kappa shape index (κ1) is 12.2. The zero-order valence-corrected chi connectivity index (χ0v) is 10.3. The van der Waals surface area contributed by atoms with Gasteiger partial charge in [0.05, 0.1) is 6.61 Å². The summed E-state index contributed by atoms with van der Waals surface area (Å²) in [7, 11) is 0. The molecule has 0 saturated carbocycles. The van der Waals surface area contributed by atoms with Crippen LogP contribution in [0.25, 0.3) is 0 Å². The van der Waals surface area contributed by atoms with E-state index in [1.54, 1.807) is 0 Å². The number of ether oxygens (including phenoxy) is 1. The van der Waals surface area contributed by atoms with Crippen LogP contribution in [0.3, 0.4) is 0 Å². The lowest BCUT2D eigenvalue weighted by atomic mass is 10.0. The predicted molar refractivity (Wildman–Crippen MR) is 61.8 cm³/mol. The number of hydrogen-bond acceptors (Lipinski definition) is 1. The number of hydrogen-bond donors (Lipinski definition) is 0. The van der Waals surface area contributed by atoms with Crippen molar-refractivity contribution in [3.8, 4) is 0 Å². The largest absolute Gasteiger partial charge is 0.324 e. The highest BCUT2D eigenvalue weighted by molar-refractivity contribution is 5.28. The Morgan fingerprint density at radius 3 is 2.40 bits per heavy atom. The second-order valence-corrected chi connectivity index (χ2v) is 3.79. The van der Waals surface area contributed by atoms with Gasteiger partial charge in [-0.1, -0.05) is 13.8 Å². The van der Waals surface area contributed by atoms with Gasteiger partial charge in [-0.15, -0.1) is 0 Å². The highest BCUT2D eigenvalue weighted by Gasteiger charge is 2.10. The molecule has 0 fully saturated rings. The molecule has 15 heavy (non-hydrogen) atoms. The van der Waals surface area contributed by atoms with Crippen molar-refractivity contribution in [3.05, 3.63) is 29.1 Å². The molecule has 0 aliphatic carbocycles. The zero-order valence-electron chi connectivity index (χ0n) is 10.3. The normalized spacial score (nSPS) is 10.7. The van der Waals surface area contributed by atoms with E-state index in [1.165, 1.54) is 16.7 Å². The van der Waals surface area contributed by atoms with E-state index >= 15 is 0 Å². The third-order valence-electron chi connectivity index (χ3n) is 2.72. The Kier molecular flexibility index (Phi) is 4.76. The molecule has 0 aromatic carbocycles. The summed E-state index contributed by atoms with van der Waals surface area (Å²) >= 11 is 0. The summed E-state index contributed by atoms with van der Waals surface area (Å²) < 4.78 is 7.55. The van der Waals surface area contributed by atoms with Crippen molar-refractivity contribution in [1.29, 1.82) is 0 Å². The molecule has 0 aliphatic heterocycles. The summed E-state index contributed by atoms with van der Waals surface area (Å²) in [5, 5.41) is 0. The minimum Gasteiger partial charge on any atom is -0.324 e. The van der Waals surface area contributed by atoms with Crippen LogP contribution in [0.1, 0.15) is 37.5 Å².